The minimum absolute atomic E-state index is 0.136. The van der Waals surface area contributed by atoms with Crippen LogP contribution < -0.4 is 14.4 Å². The SMILES string of the molecule is CCn1c(S/C(=C\c2ccc(N(C)C)c(Br)c2)C(=O)O)nnc1-c1cc(OC)cc(OC)c1. The first kappa shape index (κ1) is 24.7. The fourth-order valence-electron chi connectivity index (χ4n) is 3.16. The van der Waals surface area contributed by atoms with Gasteiger partial charge in [0.15, 0.2) is 11.0 Å². The number of carbonyl (C=O) groups is 1. The summed E-state index contributed by atoms with van der Waals surface area (Å²) in [5.74, 6) is 0.812. The molecule has 0 aliphatic heterocycles. The molecule has 8 nitrogen and oxygen atoms in total. The second-order valence-corrected chi connectivity index (χ2v) is 9.04. The first-order chi connectivity index (χ1) is 15.8. The summed E-state index contributed by atoms with van der Waals surface area (Å²) < 4.78 is 13.5. The Morgan fingerprint density at radius 2 is 1.82 bits per heavy atom. The van der Waals surface area contributed by atoms with Crippen molar-refractivity contribution >= 4 is 45.4 Å². The van der Waals surface area contributed by atoms with E-state index in [4.69, 9.17) is 9.47 Å². The standard InChI is InChI=1S/C23H25BrN4O4S/c1-6-28-21(15-11-16(31-4)13-17(12-15)32-5)25-26-23(28)33-20(22(29)30)10-14-7-8-19(27(2)3)18(24)9-14/h7-13H,6H2,1-5H3,(H,29,30)/b20-10-. The Morgan fingerprint density at radius 1 is 1.15 bits per heavy atom. The zero-order chi connectivity index (χ0) is 24.1. The monoisotopic (exact) mass is 532 g/mol. The lowest BCUT2D eigenvalue weighted by Gasteiger charge is -2.15. The number of hydrogen-bond acceptors (Lipinski definition) is 7. The van der Waals surface area contributed by atoms with E-state index in [1.807, 2.05) is 60.8 Å². The summed E-state index contributed by atoms with van der Waals surface area (Å²) in [5.41, 5.74) is 2.52. The number of hydrogen-bond donors (Lipinski definition) is 1. The lowest BCUT2D eigenvalue weighted by atomic mass is 10.2. The maximum Gasteiger partial charge on any atom is 0.342 e. The molecule has 33 heavy (non-hydrogen) atoms. The van der Waals surface area contributed by atoms with Gasteiger partial charge >= 0.3 is 5.97 Å². The summed E-state index contributed by atoms with van der Waals surface area (Å²) in [6.45, 7) is 2.51. The highest BCUT2D eigenvalue weighted by molar-refractivity contribution is 9.10. The molecule has 0 spiro atoms. The molecule has 1 heterocycles. The van der Waals surface area contributed by atoms with Crippen molar-refractivity contribution in [2.45, 2.75) is 18.6 Å². The van der Waals surface area contributed by atoms with Crippen molar-refractivity contribution in [1.82, 2.24) is 14.8 Å². The van der Waals surface area contributed by atoms with Crippen molar-refractivity contribution in [1.29, 1.82) is 0 Å². The predicted octanol–water partition coefficient (Wildman–Crippen LogP) is 5.03. The molecule has 2 aromatic carbocycles. The van der Waals surface area contributed by atoms with Gasteiger partial charge in [-0.3, -0.25) is 0 Å². The van der Waals surface area contributed by atoms with E-state index in [9.17, 15) is 9.90 Å². The van der Waals surface area contributed by atoms with Gasteiger partial charge in [-0.05, 0) is 70.5 Å². The number of carboxylic acid groups (broad SMARTS) is 1. The van der Waals surface area contributed by atoms with Gasteiger partial charge in [0.05, 0.1) is 19.9 Å². The molecule has 0 aliphatic rings. The van der Waals surface area contributed by atoms with E-state index in [-0.39, 0.29) is 4.91 Å². The normalized spacial score (nSPS) is 11.4. The number of aromatic nitrogens is 3. The van der Waals surface area contributed by atoms with Crippen LogP contribution in [0, 0.1) is 0 Å². The van der Waals surface area contributed by atoms with Gasteiger partial charge in [0.2, 0.25) is 0 Å². The number of benzene rings is 2. The number of thioether (sulfide) groups is 1. The second-order valence-electron chi connectivity index (χ2n) is 7.17. The molecule has 174 valence electrons. The first-order valence-electron chi connectivity index (χ1n) is 10.0. The summed E-state index contributed by atoms with van der Waals surface area (Å²) in [6.07, 6.45) is 1.63. The fraction of sp³-hybridized carbons (Fsp3) is 0.261. The van der Waals surface area contributed by atoms with Crippen LogP contribution in [0.5, 0.6) is 11.5 Å². The van der Waals surface area contributed by atoms with Gasteiger partial charge in [-0.2, -0.15) is 0 Å². The molecular weight excluding hydrogens is 508 g/mol. The highest BCUT2D eigenvalue weighted by Gasteiger charge is 2.19. The molecule has 0 unspecified atom stereocenters. The van der Waals surface area contributed by atoms with Crippen molar-refractivity contribution in [2.75, 3.05) is 33.2 Å². The molecule has 10 heteroatoms. The number of ether oxygens (including phenoxy) is 2. The quantitative estimate of drug-likeness (QED) is 0.303. The summed E-state index contributed by atoms with van der Waals surface area (Å²) >= 11 is 4.60. The van der Waals surface area contributed by atoms with Crippen LogP contribution >= 0.6 is 27.7 Å². The van der Waals surface area contributed by atoms with Crippen LogP contribution in [-0.2, 0) is 11.3 Å². The third-order valence-electron chi connectivity index (χ3n) is 4.81. The number of halogens is 1. The van der Waals surface area contributed by atoms with E-state index in [0.717, 1.165) is 33.0 Å². The molecule has 0 saturated heterocycles. The van der Waals surface area contributed by atoms with Gasteiger partial charge in [-0.15, -0.1) is 10.2 Å². The molecular formula is C23H25BrN4O4S. The van der Waals surface area contributed by atoms with Gasteiger partial charge in [0.1, 0.15) is 16.4 Å². The number of rotatable bonds is 9. The Labute approximate surface area is 205 Å². The average Bonchev–Trinajstić information content (AvgIpc) is 3.20. The third kappa shape index (κ3) is 5.69. The smallest absolute Gasteiger partial charge is 0.342 e. The molecule has 1 N–H and O–H groups in total. The van der Waals surface area contributed by atoms with Crippen molar-refractivity contribution in [2.24, 2.45) is 0 Å². The Morgan fingerprint density at radius 3 is 2.33 bits per heavy atom. The van der Waals surface area contributed by atoms with Crippen molar-refractivity contribution in [3.63, 3.8) is 0 Å². The lowest BCUT2D eigenvalue weighted by molar-refractivity contribution is -0.131. The second kappa shape index (κ2) is 10.8. The Kier molecular flexibility index (Phi) is 8.04. The molecule has 0 amide bonds. The molecule has 3 rings (SSSR count). The Hall–Kier alpha value is -2.98. The van der Waals surface area contributed by atoms with Gasteiger partial charge in [0, 0.05) is 36.7 Å². The molecule has 0 bridgehead atoms. The molecule has 3 aromatic rings. The van der Waals surface area contributed by atoms with Crippen molar-refractivity contribution < 1.29 is 19.4 Å². The van der Waals surface area contributed by atoms with Gasteiger partial charge in [0.25, 0.3) is 0 Å². The predicted molar refractivity (Wildman–Crippen MR) is 134 cm³/mol. The molecule has 0 radical (unpaired) electrons. The van der Waals surface area contributed by atoms with Crippen molar-refractivity contribution in [3.05, 3.63) is 51.3 Å². The van der Waals surface area contributed by atoms with Gasteiger partial charge < -0.3 is 24.0 Å². The van der Waals surface area contributed by atoms with Crippen LogP contribution in [0.15, 0.2) is 50.9 Å². The summed E-state index contributed by atoms with van der Waals surface area (Å²) in [6, 6.07) is 11.1. The van der Waals surface area contributed by atoms with E-state index in [1.54, 1.807) is 26.4 Å². The number of anilines is 1. The topological polar surface area (TPSA) is 89.7 Å². The number of methoxy groups -OCH3 is 2. The highest BCUT2D eigenvalue weighted by Crippen LogP contribution is 2.34. The number of nitrogens with zero attached hydrogens (tertiary/aromatic N) is 4. The minimum atomic E-state index is -1.04. The Bertz CT molecular complexity index is 1170. The van der Waals surface area contributed by atoms with Crippen LogP contribution in [0.1, 0.15) is 12.5 Å². The third-order valence-corrected chi connectivity index (χ3v) is 6.44. The van der Waals surface area contributed by atoms with Gasteiger partial charge in [-0.1, -0.05) is 6.07 Å². The van der Waals surface area contributed by atoms with Crippen molar-refractivity contribution in [3.8, 4) is 22.9 Å². The van der Waals surface area contributed by atoms with E-state index in [0.29, 0.717) is 29.0 Å². The van der Waals surface area contributed by atoms with Crippen LogP contribution in [0.3, 0.4) is 0 Å². The summed E-state index contributed by atoms with van der Waals surface area (Å²) in [5, 5.41) is 18.9. The van der Waals surface area contributed by atoms with E-state index in [2.05, 4.69) is 26.1 Å². The zero-order valence-electron chi connectivity index (χ0n) is 19.0. The van der Waals surface area contributed by atoms with E-state index < -0.39 is 5.97 Å². The van der Waals surface area contributed by atoms with E-state index >= 15 is 0 Å². The van der Waals surface area contributed by atoms with Crippen LogP contribution in [0.25, 0.3) is 17.5 Å². The molecule has 0 atom stereocenters. The summed E-state index contributed by atoms with van der Waals surface area (Å²) in [7, 11) is 7.05. The van der Waals surface area contributed by atoms with Crippen LogP contribution in [0.4, 0.5) is 5.69 Å². The summed E-state index contributed by atoms with van der Waals surface area (Å²) in [4.78, 5) is 14.1. The van der Waals surface area contributed by atoms with Gasteiger partial charge in [-0.25, -0.2) is 4.79 Å². The number of aliphatic carboxylic acids is 1. The highest BCUT2D eigenvalue weighted by atomic mass is 79.9. The number of carboxylic acids is 1. The molecule has 0 fully saturated rings. The average molecular weight is 533 g/mol. The zero-order valence-corrected chi connectivity index (χ0v) is 21.4. The molecule has 0 aliphatic carbocycles. The minimum Gasteiger partial charge on any atom is -0.497 e. The lowest BCUT2D eigenvalue weighted by Crippen LogP contribution is -2.09. The maximum absolute atomic E-state index is 12.0. The van der Waals surface area contributed by atoms with Crippen LogP contribution in [-0.4, -0.2) is 54.2 Å². The maximum atomic E-state index is 12.0. The van der Waals surface area contributed by atoms with Crippen LogP contribution in [0.2, 0.25) is 0 Å². The Balaban J connectivity index is 1.98. The molecule has 1 aromatic heterocycles. The largest absolute Gasteiger partial charge is 0.497 e. The fourth-order valence-corrected chi connectivity index (χ4v) is 4.80. The molecule has 0 saturated carbocycles. The first-order valence-corrected chi connectivity index (χ1v) is 11.6. The van der Waals surface area contributed by atoms with E-state index in [1.165, 1.54) is 0 Å².